The van der Waals surface area contributed by atoms with Crippen LogP contribution in [0.25, 0.3) is 0 Å². The summed E-state index contributed by atoms with van der Waals surface area (Å²) in [6, 6.07) is 0. The number of aliphatic carboxylic acids is 1. The topological polar surface area (TPSA) is 92.7 Å². The number of fused-ring (bicyclic) bond motifs is 2. The zero-order valence-corrected chi connectivity index (χ0v) is 19.2. The van der Waals surface area contributed by atoms with E-state index in [2.05, 4.69) is 13.8 Å². The molecule has 0 amide bonds. The fourth-order valence-electron chi connectivity index (χ4n) is 8.67. The first-order valence-electron chi connectivity index (χ1n) is 12.1. The molecule has 0 heterocycles. The Morgan fingerprint density at radius 3 is 2.52 bits per heavy atom. The summed E-state index contributed by atoms with van der Waals surface area (Å²) >= 11 is 0. The van der Waals surface area contributed by atoms with Gasteiger partial charge in [0.1, 0.15) is 0 Å². The van der Waals surface area contributed by atoms with Crippen molar-refractivity contribution in [2.24, 2.45) is 39.9 Å². The Balaban J connectivity index is 1.52. The van der Waals surface area contributed by atoms with Gasteiger partial charge in [-0.25, -0.2) is 0 Å². The van der Waals surface area contributed by atoms with E-state index in [1.54, 1.807) is 0 Å². The molecule has 1 unspecified atom stereocenters. The van der Waals surface area contributed by atoms with Crippen LogP contribution in [0.15, 0.2) is 0 Å². The fourth-order valence-corrected chi connectivity index (χ4v) is 8.67. The maximum absolute atomic E-state index is 11.9. The molecular formula is C25H37O6-. The minimum absolute atomic E-state index is 0.110. The van der Waals surface area contributed by atoms with Gasteiger partial charge in [0.25, 0.3) is 0 Å². The lowest BCUT2D eigenvalue weighted by Crippen LogP contribution is -2.60. The van der Waals surface area contributed by atoms with Gasteiger partial charge in [0.2, 0.25) is 0 Å². The molecule has 0 saturated heterocycles. The van der Waals surface area contributed by atoms with Crippen molar-refractivity contribution in [2.75, 3.05) is 13.2 Å². The molecule has 174 valence electrons. The Bertz CT molecular complexity index is 748. The Morgan fingerprint density at radius 1 is 1.03 bits per heavy atom. The van der Waals surface area contributed by atoms with Crippen LogP contribution in [0.1, 0.15) is 85.0 Å². The van der Waals surface area contributed by atoms with Gasteiger partial charge in [0.05, 0.1) is 25.6 Å². The van der Waals surface area contributed by atoms with E-state index in [1.807, 2.05) is 0 Å². The molecule has 4 aliphatic carbocycles. The molecule has 31 heavy (non-hydrogen) atoms. The van der Waals surface area contributed by atoms with Crippen molar-refractivity contribution in [3.63, 3.8) is 0 Å². The molecule has 4 fully saturated rings. The van der Waals surface area contributed by atoms with E-state index in [4.69, 9.17) is 9.47 Å². The van der Waals surface area contributed by atoms with Gasteiger partial charge in [-0.05, 0) is 85.9 Å². The van der Waals surface area contributed by atoms with Crippen LogP contribution in [0.5, 0.6) is 0 Å². The average molecular weight is 434 g/mol. The third kappa shape index (κ3) is 3.78. The van der Waals surface area contributed by atoms with Crippen LogP contribution >= 0.6 is 0 Å². The standard InChI is InChI=1S/C25H38O6/c1-16(26)30-14-18-11-19-5-6-20-23(2,15-31-22(29)12-21(27)28)8-4-9-24(20,3)25(19)10-7-17(18)13-25/h17-20H,4-15H2,1-3H3,(H,27,28)/p-1/t17-,18?,19+,20-,23-,24+,25-/m0/s1. The molecule has 0 aromatic heterocycles. The van der Waals surface area contributed by atoms with E-state index in [1.165, 1.54) is 39.0 Å². The number of carbonyl (C=O) groups excluding carboxylic acids is 3. The molecule has 1 spiro atoms. The van der Waals surface area contributed by atoms with Crippen molar-refractivity contribution >= 4 is 17.9 Å². The summed E-state index contributed by atoms with van der Waals surface area (Å²) in [5.74, 6) is 0.0330. The molecule has 6 nitrogen and oxygen atoms in total. The second-order valence-electron chi connectivity index (χ2n) is 11.4. The molecule has 6 heteroatoms. The van der Waals surface area contributed by atoms with Crippen molar-refractivity contribution in [3.8, 4) is 0 Å². The number of ether oxygens (including phenoxy) is 2. The van der Waals surface area contributed by atoms with Crippen LogP contribution in [0.2, 0.25) is 0 Å². The fraction of sp³-hybridized carbons (Fsp3) is 0.880. The van der Waals surface area contributed by atoms with E-state index in [0.717, 1.165) is 25.7 Å². The molecular weight excluding hydrogens is 396 g/mol. The Labute approximate surface area is 185 Å². The van der Waals surface area contributed by atoms with Crippen molar-refractivity contribution in [1.82, 2.24) is 0 Å². The van der Waals surface area contributed by atoms with Crippen LogP contribution in [0.4, 0.5) is 0 Å². The summed E-state index contributed by atoms with van der Waals surface area (Å²) in [4.78, 5) is 34.0. The molecule has 4 aliphatic rings. The molecule has 0 radical (unpaired) electrons. The van der Waals surface area contributed by atoms with Crippen molar-refractivity contribution in [1.29, 1.82) is 0 Å². The van der Waals surface area contributed by atoms with E-state index in [-0.39, 0.29) is 16.8 Å². The van der Waals surface area contributed by atoms with Gasteiger partial charge in [-0.15, -0.1) is 0 Å². The molecule has 0 N–H and O–H groups in total. The second kappa shape index (κ2) is 8.08. The van der Waals surface area contributed by atoms with E-state index in [0.29, 0.717) is 42.3 Å². The van der Waals surface area contributed by atoms with Crippen LogP contribution < -0.4 is 5.11 Å². The molecule has 7 atom stereocenters. The lowest BCUT2D eigenvalue weighted by Gasteiger charge is -2.66. The zero-order chi connectivity index (χ0) is 22.4. The Morgan fingerprint density at radius 2 is 1.81 bits per heavy atom. The van der Waals surface area contributed by atoms with Crippen LogP contribution in [0.3, 0.4) is 0 Å². The monoisotopic (exact) mass is 433 g/mol. The first kappa shape index (κ1) is 22.6. The summed E-state index contributed by atoms with van der Waals surface area (Å²) in [5.41, 5.74) is 0.440. The van der Waals surface area contributed by atoms with Gasteiger partial charge in [-0.3, -0.25) is 9.59 Å². The molecule has 0 aliphatic heterocycles. The molecule has 4 rings (SSSR count). The van der Waals surface area contributed by atoms with E-state index < -0.39 is 18.4 Å². The molecule has 4 saturated carbocycles. The summed E-state index contributed by atoms with van der Waals surface area (Å²) in [7, 11) is 0. The normalized spacial score (nSPS) is 43.5. The first-order chi connectivity index (χ1) is 14.6. The second-order valence-corrected chi connectivity index (χ2v) is 11.4. The maximum atomic E-state index is 11.9. The lowest BCUT2D eigenvalue weighted by molar-refractivity contribution is -0.305. The summed E-state index contributed by atoms with van der Waals surface area (Å²) in [5, 5.41) is 10.7. The van der Waals surface area contributed by atoms with Crippen molar-refractivity contribution in [2.45, 2.75) is 85.0 Å². The SMILES string of the molecule is CC(=O)OCC1C[C@H]2CC[C@H]3[C@](C)(COC(=O)CC(=O)[O-])CCC[C@@]3(C)[C@]23CC[C@H]1C3. The number of carboxylic acids is 1. The molecule has 2 bridgehead atoms. The van der Waals surface area contributed by atoms with Crippen LogP contribution in [-0.4, -0.2) is 31.1 Å². The first-order valence-corrected chi connectivity index (χ1v) is 12.1. The van der Waals surface area contributed by atoms with Gasteiger partial charge < -0.3 is 19.4 Å². The number of carbonyl (C=O) groups is 3. The Kier molecular flexibility index (Phi) is 5.89. The van der Waals surface area contributed by atoms with Crippen LogP contribution in [0, 0.1) is 39.9 Å². The number of rotatable bonds is 6. The average Bonchev–Trinajstić information content (AvgIpc) is 3.07. The van der Waals surface area contributed by atoms with Crippen LogP contribution in [-0.2, 0) is 23.9 Å². The number of esters is 2. The Hall–Kier alpha value is -1.59. The van der Waals surface area contributed by atoms with Gasteiger partial charge in [0, 0.05) is 12.3 Å². The number of hydrogen-bond acceptors (Lipinski definition) is 6. The molecule has 0 aromatic carbocycles. The molecule has 0 aromatic rings. The number of carboxylic acid groups (broad SMARTS) is 1. The highest BCUT2D eigenvalue weighted by Gasteiger charge is 2.67. The quantitative estimate of drug-likeness (QED) is 0.471. The van der Waals surface area contributed by atoms with Gasteiger partial charge in [0.15, 0.2) is 0 Å². The zero-order valence-electron chi connectivity index (χ0n) is 19.2. The number of hydrogen-bond donors (Lipinski definition) is 0. The van der Waals surface area contributed by atoms with Gasteiger partial charge >= 0.3 is 11.9 Å². The van der Waals surface area contributed by atoms with Gasteiger partial charge in [-0.1, -0.05) is 20.3 Å². The predicted molar refractivity (Wildman–Crippen MR) is 111 cm³/mol. The predicted octanol–water partition coefficient (Wildman–Crippen LogP) is 3.26. The van der Waals surface area contributed by atoms with E-state index in [9.17, 15) is 19.5 Å². The van der Waals surface area contributed by atoms with E-state index >= 15 is 0 Å². The van der Waals surface area contributed by atoms with Gasteiger partial charge in [-0.2, -0.15) is 0 Å². The highest BCUT2D eigenvalue weighted by Crippen LogP contribution is 2.74. The highest BCUT2D eigenvalue weighted by atomic mass is 16.5. The van der Waals surface area contributed by atoms with Crippen molar-refractivity contribution in [3.05, 3.63) is 0 Å². The largest absolute Gasteiger partial charge is 0.550 e. The highest BCUT2D eigenvalue weighted by molar-refractivity contribution is 5.89. The maximum Gasteiger partial charge on any atom is 0.311 e. The third-order valence-electron chi connectivity index (χ3n) is 9.97. The smallest absolute Gasteiger partial charge is 0.311 e. The summed E-state index contributed by atoms with van der Waals surface area (Å²) < 4.78 is 10.9. The minimum Gasteiger partial charge on any atom is -0.550 e. The van der Waals surface area contributed by atoms with Crippen molar-refractivity contribution < 1.29 is 29.0 Å². The lowest BCUT2D eigenvalue weighted by atomic mass is 9.38. The minimum atomic E-state index is -1.38. The summed E-state index contributed by atoms with van der Waals surface area (Å²) in [6.07, 6.45) is 9.88. The third-order valence-corrected chi connectivity index (χ3v) is 9.97. The summed E-state index contributed by atoms with van der Waals surface area (Å²) in [6.45, 7) is 7.12.